The number of hydrogen-bond acceptors (Lipinski definition) is 4. The van der Waals surface area contributed by atoms with Crippen LogP contribution < -0.4 is 14.2 Å². The molecule has 0 bridgehead atoms. The highest BCUT2D eigenvalue weighted by molar-refractivity contribution is 5.81. The Morgan fingerprint density at radius 3 is 2.62 bits per heavy atom. The molecule has 0 saturated heterocycles. The molecule has 5 nitrogen and oxygen atoms in total. The van der Waals surface area contributed by atoms with E-state index in [0.29, 0.717) is 32.1 Å². The van der Waals surface area contributed by atoms with Gasteiger partial charge in [0, 0.05) is 18.7 Å². The van der Waals surface area contributed by atoms with Crippen molar-refractivity contribution in [2.24, 2.45) is 0 Å². The Bertz CT molecular complexity index is 757. The summed E-state index contributed by atoms with van der Waals surface area (Å²) in [6.45, 7) is 7.89. The molecule has 1 atom stereocenters. The quantitative estimate of drug-likeness (QED) is 0.795. The molecular formula is C21H25NO4. The SMILES string of the molecule is CCN(Cc1cccc2c1OCCO2)C(=O)C(C)Oc1ccc(C)cc1. The summed E-state index contributed by atoms with van der Waals surface area (Å²) in [4.78, 5) is 14.6. The zero-order chi connectivity index (χ0) is 18.5. The first-order valence-electron chi connectivity index (χ1n) is 8.98. The molecule has 2 aromatic rings. The van der Waals surface area contributed by atoms with Gasteiger partial charge in [0.2, 0.25) is 0 Å². The van der Waals surface area contributed by atoms with E-state index in [2.05, 4.69) is 0 Å². The average molecular weight is 355 g/mol. The van der Waals surface area contributed by atoms with E-state index in [1.54, 1.807) is 11.8 Å². The van der Waals surface area contributed by atoms with Gasteiger partial charge in [0.15, 0.2) is 17.6 Å². The van der Waals surface area contributed by atoms with Gasteiger partial charge >= 0.3 is 0 Å². The largest absolute Gasteiger partial charge is 0.486 e. The van der Waals surface area contributed by atoms with Crippen molar-refractivity contribution in [2.75, 3.05) is 19.8 Å². The van der Waals surface area contributed by atoms with Crippen molar-refractivity contribution in [3.8, 4) is 17.2 Å². The molecule has 1 heterocycles. The standard InChI is InChI=1S/C21H25NO4/c1-4-22(14-17-6-5-7-19-20(17)25-13-12-24-19)21(23)16(3)26-18-10-8-15(2)9-11-18/h5-11,16H,4,12-14H2,1-3H3. The zero-order valence-electron chi connectivity index (χ0n) is 15.5. The predicted octanol–water partition coefficient (Wildman–Crippen LogP) is 3.58. The average Bonchev–Trinajstić information content (AvgIpc) is 2.67. The number of para-hydroxylation sites is 1. The highest BCUT2D eigenvalue weighted by Crippen LogP contribution is 2.34. The lowest BCUT2D eigenvalue weighted by atomic mass is 10.1. The topological polar surface area (TPSA) is 48.0 Å². The van der Waals surface area contributed by atoms with Crippen molar-refractivity contribution < 1.29 is 19.0 Å². The summed E-state index contributed by atoms with van der Waals surface area (Å²) in [7, 11) is 0. The lowest BCUT2D eigenvalue weighted by Crippen LogP contribution is -2.40. The summed E-state index contributed by atoms with van der Waals surface area (Å²) in [5.74, 6) is 2.11. The van der Waals surface area contributed by atoms with Gasteiger partial charge in [-0.05, 0) is 39.0 Å². The molecule has 0 N–H and O–H groups in total. The Hall–Kier alpha value is -2.69. The summed E-state index contributed by atoms with van der Waals surface area (Å²) < 4.78 is 17.2. The lowest BCUT2D eigenvalue weighted by Gasteiger charge is -2.27. The number of hydrogen-bond donors (Lipinski definition) is 0. The zero-order valence-corrected chi connectivity index (χ0v) is 15.5. The minimum Gasteiger partial charge on any atom is -0.486 e. The van der Waals surface area contributed by atoms with Crippen molar-refractivity contribution in [2.45, 2.75) is 33.4 Å². The summed E-state index contributed by atoms with van der Waals surface area (Å²) in [6, 6.07) is 13.5. The molecule has 0 saturated carbocycles. The number of nitrogens with zero attached hydrogens (tertiary/aromatic N) is 1. The fraction of sp³-hybridized carbons (Fsp3) is 0.381. The van der Waals surface area contributed by atoms with Crippen LogP contribution in [0.3, 0.4) is 0 Å². The van der Waals surface area contributed by atoms with Crippen molar-refractivity contribution in [3.63, 3.8) is 0 Å². The van der Waals surface area contributed by atoms with Gasteiger partial charge < -0.3 is 19.1 Å². The van der Waals surface area contributed by atoms with E-state index >= 15 is 0 Å². The maximum absolute atomic E-state index is 12.8. The number of ether oxygens (including phenoxy) is 3. The first-order valence-corrected chi connectivity index (χ1v) is 8.98. The van der Waals surface area contributed by atoms with Crippen LogP contribution in [0.15, 0.2) is 42.5 Å². The van der Waals surface area contributed by atoms with Crippen LogP contribution in [-0.4, -0.2) is 36.7 Å². The molecule has 2 aromatic carbocycles. The molecule has 26 heavy (non-hydrogen) atoms. The van der Waals surface area contributed by atoms with Gasteiger partial charge in [0.1, 0.15) is 19.0 Å². The molecule has 5 heteroatoms. The minimum absolute atomic E-state index is 0.0533. The van der Waals surface area contributed by atoms with Gasteiger partial charge in [0.05, 0.1) is 0 Å². The molecule has 0 aromatic heterocycles. The molecular weight excluding hydrogens is 330 g/mol. The van der Waals surface area contributed by atoms with Crippen LogP contribution in [0.2, 0.25) is 0 Å². The molecule has 1 aliphatic rings. The fourth-order valence-corrected chi connectivity index (χ4v) is 2.94. The number of rotatable bonds is 6. The normalized spacial score (nSPS) is 13.8. The van der Waals surface area contributed by atoms with Gasteiger partial charge in [-0.25, -0.2) is 0 Å². The van der Waals surface area contributed by atoms with Crippen LogP contribution in [0.1, 0.15) is 25.0 Å². The van der Waals surface area contributed by atoms with E-state index in [4.69, 9.17) is 14.2 Å². The molecule has 138 valence electrons. The Morgan fingerprint density at radius 1 is 1.15 bits per heavy atom. The van der Waals surface area contributed by atoms with Crippen LogP contribution >= 0.6 is 0 Å². The lowest BCUT2D eigenvalue weighted by molar-refractivity contribution is -0.138. The molecule has 0 spiro atoms. The predicted molar refractivity (Wildman–Crippen MR) is 99.8 cm³/mol. The highest BCUT2D eigenvalue weighted by Gasteiger charge is 2.24. The highest BCUT2D eigenvalue weighted by atomic mass is 16.6. The van der Waals surface area contributed by atoms with Crippen molar-refractivity contribution >= 4 is 5.91 Å². The number of benzene rings is 2. The van der Waals surface area contributed by atoms with Crippen molar-refractivity contribution in [1.29, 1.82) is 0 Å². The first-order chi connectivity index (χ1) is 12.6. The number of carbonyl (C=O) groups excluding carboxylic acids is 1. The number of fused-ring (bicyclic) bond motifs is 1. The fourth-order valence-electron chi connectivity index (χ4n) is 2.94. The third-order valence-corrected chi connectivity index (χ3v) is 4.38. The maximum Gasteiger partial charge on any atom is 0.263 e. The van der Waals surface area contributed by atoms with Crippen LogP contribution in [-0.2, 0) is 11.3 Å². The van der Waals surface area contributed by atoms with E-state index in [-0.39, 0.29) is 5.91 Å². The Balaban J connectivity index is 1.70. The van der Waals surface area contributed by atoms with Crippen molar-refractivity contribution in [1.82, 2.24) is 4.90 Å². The van der Waals surface area contributed by atoms with Gasteiger partial charge in [-0.3, -0.25) is 4.79 Å². The van der Waals surface area contributed by atoms with E-state index in [9.17, 15) is 4.79 Å². The van der Waals surface area contributed by atoms with Gasteiger partial charge in [-0.15, -0.1) is 0 Å². The smallest absolute Gasteiger partial charge is 0.263 e. The molecule has 1 unspecified atom stereocenters. The third-order valence-electron chi connectivity index (χ3n) is 4.38. The van der Waals surface area contributed by atoms with E-state index < -0.39 is 6.10 Å². The Labute approximate surface area is 154 Å². The van der Waals surface area contributed by atoms with Gasteiger partial charge in [0.25, 0.3) is 5.91 Å². The molecule has 3 rings (SSSR count). The molecule has 1 aliphatic heterocycles. The second-order valence-electron chi connectivity index (χ2n) is 6.37. The monoisotopic (exact) mass is 355 g/mol. The van der Waals surface area contributed by atoms with Gasteiger partial charge in [-0.2, -0.15) is 0 Å². The molecule has 1 amide bonds. The number of aryl methyl sites for hydroxylation is 1. The Kier molecular flexibility index (Phi) is 5.66. The number of amides is 1. The summed E-state index contributed by atoms with van der Waals surface area (Å²) in [5, 5.41) is 0. The number of carbonyl (C=O) groups is 1. The van der Waals surface area contributed by atoms with Crippen LogP contribution in [0.4, 0.5) is 0 Å². The molecule has 0 radical (unpaired) electrons. The third kappa shape index (κ3) is 4.10. The van der Waals surface area contributed by atoms with Crippen molar-refractivity contribution in [3.05, 3.63) is 53.6 Å². The summed E-state index contributed by atoms with van der Waals surface area (Å²) in [6.07, 6.45) is -0.561. The van der Waals surface area contributed by atoms with Crippen LogP contribution in [0, 0.1) is 6.92 Å². The van der Waals surface area contributed by atoms with Crippen LogP contribution in [0.5, 0.6) is 17.2 Å². The maximum atomic E-state index is 12.8. The molecule has 0 fully saturated rings. The van der Waals surface area contributed by atoms with E-state index in [1.807, 2.05) is 56.3 Å². The van der Waals surface area contributed by atoms with E-state index in [1.165, 1.54) is 0 Å². The second-order valence-corrected chi connectivity index (χ2v) is 6.37. The number of likely N-dealkylation sites (N-methyl/N-ethyl adjacent to an activating group) is 1. The summed E-state index contributed by atoms with van der Waals surface area (Å²) in [5.41, 5.74) is 2.10. The second kappa shape index (κ2) is 8.13. The van der Waals surface area contributed by atoms with E-state index in [0.717, 1.165) is 22.6 Å². The van der Waals surface area contributed by atoms with Gasteiger partial charge in [-0.1, -0.05) is 29.8 Å². The van der Waals surface area contributed by atoms with Crippen LogP contribution in [0.25, 0.3) is 0 Å². The first kappa shape index (κ1) is 18.1. The molecule has 0 aliphatic carbocycles. The minimum atomic E-state index is -0.561. The summed E-state index contributed by atoms with van der Waals surface area (Å²) >= 11 is 0. The Morgan fingerprint density at radius 2 is 1.88 bits per heavy atom.